The molecule has 8 nitrogen and oxygen atoms in total. The molecule has 106 valence electrons. The van der Waals surface area contributed by atoms with Crippen LogP contribution in [0.2, 0.25) is 0 Å². The highest BCUT2D eigenvalue weighted by Crippen LogP contribution is 2.21. The van der Waals surface area contributed by atoms with Crippen LogP contribution < -0.4 is 22.1 Å². The molecule has 1 aliphatic rings. The predicted molar refractivity (Wildman–Crippen MR) is 76.7 cm³/mol. The van der Waals surface area contributed by atoms with E-state index >= 15 is 0 Å². The Morgan fingerprint density at radius 1 is 1.20 bits per heavy atom. The lowest BCUT2D eigenvalue weighted by Crippen LogP contribution is -2.41. The Kier molecular flexibility index (Phi) is 4.16. The zero-order valence-electron chi connectivity index (χ0n) is 10.8. The predicted octanol–water partition coefficient (Wildman–Crippen LogP) is -0.731. The van der Waals surface area contributed by atoms with Crippen molar-refractivity contribution in [3.8, 4) is 0 Å². The molecule has 0 saturated carbocycles. The highest BCUT2D eigenvalue weighted by molar-refractivity contribution is 5.95. The lowest BCUT2D eigenvalue weighted by molar-refractivity contribution is -0.125. The molecule has 0 spiro atoms. The SMILES string of the molecule is NC(N)=NC(N)=Nc1ccc(N2CCOCC2=O)cc1. The molecular weight excluding hydrogens is 260 g/mol. The van der Waals surface area contributed by atoms with Crippen molar-refractivity contribution < 1.29 is 9.53 Å². The molecule has 1 saturated heterocycles. The van der Waals surface area contributed by atoms with Crippen molar-refractivity contribution in [1.82, 2.24) is 0 Å². The fourth-order valence-electron chi connectivity index (χ4n) is 1.79. The van der Waals surface area contributed by atoms with E-state index in [2.05, 4.69) is 9.98 Å². The summed E-state index contributed by atoms with van der Waals surface area (Å²) in [6.45, 7) is 1.18. The number of aliphatic imine (C=N–C) groups is 2. The summed E-state index contributed by atoms with van der Waals surface area (Å²) in [6, 6.07) is 7.02. The Hall–Kier alpha value is -2.61. The first-order valence-corrected chi connectivity index (χ1v) is 5.98. The summed E-state index contributed by atoms with van der Waals surface area (Å²) in [5.41, 5.74) is 17.3. The number of hydrogen-bond donors (Lipinski definition) is 3. The van der Waals surface area contributed by atoms with Gasteiger partial charge in [0, 0.05) is 12.2 Å². The number of anilines is 1. The molecule has 8 heteroatoms. The lowest BCUT2D eigenvalue weighted by Gasteiger charge is -2.26. The van der Waals surface area contributed by atoms with Gasteiger partial charge in [-0.15, -0.1) is 0 Å². The van der Waals surface area contributed by atoms with Gasteiger partial charge in [0.15, 0.2) is 5.96 Å². The maximum absolute atomic E-state index is 11.7. The van der Waals surface area contributed by atoms with Crippen molar-refractivity contribution >= 4 is 29.2 Å². The average molecular weight is 276 g/mol. The van der Waals surface area contributed by atoms with Crippen molar-refractivity contribution in [2.24, 2.45) is 27.2 Å². The largest absolute Gasteiger partial charge is 0.370 e. The number of carbonyl (C=O) groups excluding carboxylic acids is 1. The number of amides is 1. The molecule has 1 aromatic carbocycles. The summed E-state index contributed by atoms with van der Waals surface area (Å²) in [5, 5.41) is 0. The van der Waals surface area contributed by atoms with E-state index in [4.69, 9.17) is 21.9 Å². The van der Waals surface area contributed by atoms with E-state index in [1.807, 2.05) is 0 Å². The third-order valence-electron chi connectivity index (χ3n) is 2.63. The molecule has 1 heterocycles. The summed E-state index contributed by atoms with van der Waals surface area (Å²) >= 11 is 0. The molecule has 20 heavy (non-hydrogen) atoms. The van der Waals surface area contributed by atoms with E-state index < -0.39 is 0 Å². The second-order valence-electron chi connectivity index (χ2n) is 4.12. The van der Waals surface area contributed by atoms with Gasteiger partial charge in [0.2, 0.25) is 5.96 Å². The highest BCUT2D eigenvalue weighted by Gasteiger charge is 2.19. The van der Waals surface area contributed by atoms with Crippen LogP contribution >= 0.6 is 0 Å². The number of nitrogens with zero attached hydrogens (tertiary/aromatic N) is 3. The third-order valence-corrected chi connectivity index (χ3v) is 2.63. The number of guanidine groups is 2. The minimum Gasteiger partial charge on any atom is -0.370 e. The van der Waals surface area contributed by atoms with Gasteiger partial charge >= 0.3 is 0 Å². The monoisotopic (exact) mass is 276 g/mol. The molecule has 0 aliphatic carbocycles. The molecule has 0 aromatic heterocycles. The van der Waals surface area contributed by atoms with Gasteiger partial charge in [-0.25, -0.2) is 4.99 Å². The molecule has 0 bridgehead atoms. The Bertz CT molecular complexity index is 548. The number of hydrogen-bond acceptors (Lipinski definition) is 3. The molecular formula is C12H16N6O2. The average Bonchev–Trinajstić information content (AvgIpc) is 2.39. The summed E-state index contributed by atoms with van der Waals surface area (Å²) in [7, 11) is 0. The Balaban J connectivity index is 2.14. The summed E-state index contributed by atoms with van der Waals surface area (Å²) in [5.74, 6) is -0.241. The number of nitrogens with two attached hydrogens (primary N) is 3. The normalized spacial score (nSPS) is 16.1. The second kappa shape index (κ2) is 6.02. The van der Waals surface area contributed by atoms with Crippen LogP contribution in [-0.4, -0.2) is 37.6 Å². The van der Waals surface area contributed by atoms with Gasteiger partial charge < -0.3 is 26.8 Å². The van der Waals surface area contributed by atoms with Crippen molar-refractivity contribution in [1.29, 1.82) is 0 Å². The van der Waals surface area contributed by atoms with Gasteiger partial charge in [-0.3, -0.25) is 4.79 Å². The van der Waals surface area contributed by atoms with E-state index in [1.165, 1.54) is 0 Å². The van der Waals surface area contributed by atoms with Crippen molar-refractivity contribution in [3.05, 3.63) is 24.3 Å². The smallest absolute Gasteiger partial charge is 0.253 e. The van der Waals surface area contributed by atoms with E-state index in [0.29, 0.717) is 18.8 Å². The summed E-state index contributed by atoms with van der Waals surface area (Å²) < 4.78 is 5.08. The minimum absolute atomic E-state index is 0.0276. The van der Waals surface area contributed by atoms with Crippen LogP contribution in [0.4, 0.5) is 11.4 Å². The molecule has 1 amide bonds. The van der Waals surface area contributed by atoms with Gasteiger partial charge in [-0.05, 0) is 24.3 Å². The summed E-state index contributed by atoms with van der Waals surface area (Å²) in [6.07, 6.45) is 0. The zero-order chi connectivity index (χ0) is 14.5. The topological polar surface area (TPSA) is 132 Å². The van der Waals surface area contributed by atoms with Crippen LogP contribution in [-0.2, 0) is 9.53 Å². The van der Waals surface area contributed by atoms with Crippen molar-refractivity contribution in [2.45, 2.75) is 0 Å². The molecule has 0 radical (unpaired) electrons. The lowest BCUT2D eigenvalue weighted by atomic mass is 10.2. The fraction of sp³-hybridized carbons (Fsp3) is 0.250. The molecule has 6 N–H and O–H groups in total. The quantitative estimate of drug-likeness (QED) is 0.484. The van der Waals surface area contributed by atoms with E-state index in [1.54, 1.807) is 29.2 Å². The van der Waals surface area contributed by atoms with Crippen molar-refractivity contribution in [2.75, 3.05) is 24.7 Å². The number of morpholine rings is 1. The molecule has 0 unspecified atom stereocenters. The Labute approximate surface area is 115 Å². The number of rotatable bonds is 2. The highest BCUT2D eigenvalue weighted by atomic mass is 16.5. The Morgan fingerprint density at radius 2 is 1.90 bits per heavy atom. The first kappa shape index (κ1) is 13.8. The Morgan fingerprint density at radius 3 is 2.50 bits per heavy atom. The van der Waals surface area contributed by atoms with E-state index in [-0.39, 0.29) is 24.4 Å². The minimum atomic E-state index is -0.151. The van der Waals surface area contributed by atoms with Crippen LogP contribution in [0, 0.1) is 0 Å². The molecule has 2 rings (SSSR count). The summed E-state index contributed by atoms with van der Waals surface area (Å²) in [4.78, 5) is 21.0. The maximum Gasteiger partial charge on any atom is 0.253 e. The van der Waals surface area contributed by atoms with Crippen LogP contribution in [0.1, 0.15) is 0 Å². The van der Waals surface area contributed by atoms with Gasteiger partial charge in [0.1, 0.15) is 6.61 Å². The van der Waals surface area contributed by atoms with E-state index in [9.17, 15) is 4.79 Å². The first-order chi connectivity index (χ1) is 9.56. The number of ether oxygens (including phenoxy) is 1. The third kappa shape index (κ3) is 3.45. The van der Waals surface area contributed by atoms with Crippen LogP contribution in [0.3, 0.4) is 0 Å². The standard InChI is InChI=1S/C12H16N6O2/c13-11(14)17-12(15)16-8-1-3-9(4-2-8)18-5-6-20-7-10(18)19/h1-4H,5-7H2,(H6,13,14,15,16,17). The molecule has 0 atom stereocenters. The van der Waals surface area contributed by atoms with Crippen LogP contribution in [0.25, 0.3) is 0 Å². The van der Waals surface area contributed by atoms with Gasteiger partial charge in [-0.2, -0.15) is 4.99 Å². The maximum atomic E-state index is 11.7. The van der Waals surface area contributed by atoms with Gasteiger partial charge in [0.05, 0.1) is 12.3 Å². The molecule has 1 fully saturated rings. The number of carbonyl (C=O) groups is 1. The molecule has 1 aromatic rings. The van der Waals surface area contributed by atoms with Gasteiger partial charge in [0.25, 0.3) is 5.91 Å². The first-order valence-electron chi connectivity index (χ1n) is 5.98. The molecule has 1 aliphatic heterocycles. The van der Waals surface area contributed by atoms with Crippen LogP contribution in [0.5, 0.6) is 0 Å². The number of benzene rings is 1. The van der Waals surface area contributed by atoms with Crippen LogP contribution in [0.15, 0.2) is 34.3 Å². The fourth-order valence-corrected chi connectivity index (χ4v) is 1.79. The zero-order valence-corrected chi connectivity index (χ0v) is 10.8. The van der Waals surface area contributed by atoms with Gasteiger partial charge in [-0.1, -0.05) is 0 Å². The van der Waals surface area contributed by atoms with Crippen molar-refractivity contribution in [3.63, 3.8) is 0 Å². The second-order valence-corrected chi connectivity index (χ2v) is 4.12. The van der Waals surface area contributed by atoms with E-state index in [0.717, 1.165) is 5.69 Å².